The standard InChI is InChI=1S/C35H53BN2/c1-22(2)26-17-15-18-27(23(3)4)32(26)37-31(35(12,13)14)21-30(34(9,10)11)36-38-33-28(24(5)6)19-16-20-29(33)25(7)8/h15-25H,1-14H3/b30-21-,37-31?. The molecule has 0 unspecified atom stereocenters. The average molecular weight is 513 g/mol. The first-order valence-electron chi connectivity index (χ1n) is 14.6. The zero-order valence-electron chi connectivity index (χ0n) is 26.8. The molecule has 38 heavy (non-hydrogen) atoms. The Morgan fingerprint density at radius 1 is 0.605 bits per heavy atom. The Bertz CT molecular complexity index is 1130. The molecule has 0 spiro atoms. The fraction of sp³-hybridized carbons (Fsp3) is 0.571. The van der Waals surface area contributed by atoms with E-state index in [0.717, 1.165) is 17.1 Å². The predicted octanol–water partition coefficient (Wildman–Crippen LogP) is 11.4. The summed E-state index contributed by atoms with van der Waals surface area (Å²) in [5, 5.41) is 0. The Labute approximate surface area is 235 Å². The number of rotatable bonds is 8. The third-order valence-electron chi connectivity index (χ3n) is 7.18. The van der Waals surface area contributed by atoms with Crippen LogP contribution < -0.4 is 0 Å². The molecule has 0 atom stereocenters. The van der Waals surface area contributed by atoms with E-state index in [0.29, 0.717) is 23.7 Å². The number of aliphatic imine (C=N–C) groups is 1. The molecule has 3 heteroatoms. The van der Waals surface area contributed by atoms with Crippen LogP contribution >= 0.6 is 0 Å². The van der Waals surface area contributed by atoms with Gasteiger partial charge in [-0.3, -0.25) is 0 Å². The summed E-state index contributed by atoms with van der Waals surface area (Å²) in [5.74, 6) is 1.64. The van der Waals surface area contributed by atoms with Crippen molar-refractivity contribution in [1.82, 2.24) is 0 Å². The van der Waals surface area contributed by atoms with Crippen LogP contribution in [0.15, 0.2) is 57.8 Å². The molecule has 0 fully saturated rings. The van der Waals surface area contributed by atoms with Gasteiger partial charge in [0.05, 0.1) is 0 Å². The summed E-state index contributed by atoms with van der Waals surface area (Å²) in [6.07, 6.45) is 2.30. The van der Waals surface area contributed by atoms with Gasteiger partial charge in [-0.2, -0.15) is 0 Å². The van der Waals surface area contributed by atoms with Gasteiger partial charge in [-0.25, -0.2) is 0 Å². The van der Waals surface area contributed by atoms with Gasteiger partial charge in [0, 0.05) is 0 Å². The zero-order chi connectivity index (χ0) is 29.0. The van der Waals surface area contributed by atoms with Crippen LogP contribution in [0.1, 0.15) is 143 Å². The Balaban J connectivity index is 2.83. The first-order chi connectivity index (χ1) is 17.4. The maximum atomic E-state index is 5.45. The van der Waals surface area contributed by atoms with Crippen molar-refractivity contribution in [3.05, 3.63) is 70.2 Å². The summed E-state index contributed by atoms with van der Waals surface area (Å²) in [6, 6.07) is 13.3. The van der Waals surface area contributed by atoms with Crippen molar-refractivity contribution >= 4 is 24.2 Å². The molecule has 0 aliphatic rings. The fourth-order valence-corrected chi connectivity index (χ4v) is 4.57. The second kappa shape index (κ2) is 12.7. The molecule has 2 aromatic rings. The zero-order valence-corrected chi connectivity index (χ0v) is 26.8. The predicted molar refractivity (Wildman–Crippen MR) is 171 cm³/mol. The van der Waals surface area contributed by atoms with Gasteiger partial charge in [-0.05, 0) is 0 Å². The van der Waals surface area contributed by atoms with Crippen molar-refractivity contribution in [1.29, 1.82) is 0 Å². The number of hydrogen-bond donors (Lipinski definition) is 0. The summed E-state index contributed by atoms with van der Waals surface area (Å²) < 4.78 is 0. The van der Waals surface area contributed by atoms with E-state index in [9.17, 15) is 0 Å². The van der Waals surface area contributed by atoms with Gasteiger partial charge in [-0.15, -0.1) is 0 Å². The topological polar surface area (TPSA) is 24.7 Å². The van der Waals surface area contributed by atoms with Crippen LogP contribution in [0.5, 0.6) is 0 Å². The second-order valence-electron chi connectivity index (χ2n) is 14.0. The van der Waals surface area contributed by atoms with E-state index in [1.807, 2.05) is 0 Å². The molecule has 0 amide bonds. The molecular formula is C35H53BN2. The third kappa shape index (κ3) is 8.11. The van der Waals surface area contributed by atoms with Gasteiger partial charge in [0.25, 0.3) is 0 Å². The molecule has 0 saturated carbocycles. The summed E-state index contributed by atoms with van der Waals surface area (Å²) >= 11 is 0. The number of allylic oxidation sites excluding steroid dienone is 2. The quantitative estimate of drug-likeness (QED) is 0.248. The van der Waals surface area contributed by atoms with Crippen LogP contribution in [0.3, 0.4) is 0 Å². The van der Waals surface area contributed by atoms with Crippen LogP contribution in [-0.4, -0.2) is 12.8 Å². The Morgan fingerprint density at radius 2 is 0.974 bits per heavy atom. The molecule has 0 aromatic heterocycles. The molecule has 0 radical (unpaired) electrons. The van der Waals surface area contributed by atoms with E-state index < -0.39 is 0 Å². The van der Waals surface area contributed by atoms with E-state index in [4.69, 9.17) is 9.89 Å². The average Bonchev–Trinajstić information content (AvgIpc) is 2.78. The minimum absolute atomic E-state index is 0.0846. The van der Waals surface area contributed by atoms with Gasteiger partial charge in [0.1, 0.15) is 0 Å². The van der Waals surface area contributed by atoms with E-state index in [1.165, 1.54) is 27.7 Å². The summed E-state index contributed by atoms with van der Waals surface area (Å²) in [5.41, 5.74) is 9.55. The van der Waals surface area contributed by atoms with Crippen molar-refractivity contribution in [2.24, 2.45) is 20.7 Å². The number of benzene rings is 2. The van der Waals surface area contributed by atoms with E-state index in [2.05, 4.69) is 146 Å². The van der Waals surface area contributed by atoms with Crippen LogP contribution in [0, 0.1) is 10.8 Å². The van der Waals surface area contributed by atoms with Gasteiger partial charge >= 0.3 is 236 Å². The number of hydrogen-bond acceptors (Lipinski definition) is 2. The van der Waals surface area contributed by atoms with Gasteiger partial charge < -0.3 is 0 Å². The first-order valence-corrected chi connectivity index (χ1v) is 14.6. The summed E-state index contributed by atoms with van der Waals surface area (Å²) in [4.78, 5) is 10.7. The Morgan fingerprint density at radius 3 is 1.29 bits per heavy atom. The van der Waals surface area contributed by atoms with Crippen LogP contribution in [0.2, 0.25) is 0 Å². The van der Waals surface area contributed by atoms with E-state index >= 15 is 0 Å². The van der Waals surface area contributed by atoms with Crippen molar-refractivity contribution in [3.8, 4) is 0 Å². The second-order valence-corrected chi connectivity index (χ2v) is 14.0. The minimum atomic E-state index is -0.123. The normalized spacial score (nSPS) is 13.9. The molecule has 2 rings (SSSR count). The van der Waals surface area contributed by atoms with Gasteiger partial charge in [0.15, 0.2) is 0 Å². The molecule has 0 heterocycles. The molecule has 2 nitrogen and oxygen atoms in total. The van der Waals surface area contributed by atoms with Crippen LogP contribution in [0.4, 0.5) is 11.4 Å². The van der Waals surface area contributed by atoms with E-state index in [1.54, 1.807) is 0 Å². The SMILES string of the molecule is CC(C)c1cccc(C(C)C)c1N=B/C(=C\C(=Nc1c(C(C)C)cccc1C(C)C)C(C)(C)C)C(C)(C)C. The summed E-state index contributed by atoms with van der Waals surface area (Å²) in [7, 11) is 2.10. The monoisotopic (exact) mass is 512 g/mol. The molecular weight excluding hydrogens is 459 g/mol. The molecule has 2 aromatic carbocycles. The van der Waals surface area contributed by atoms with Crippen LogP contribution in [0.25, 0.3) is 0 Å². The van der Waals surface area contributed by atoms with Crippen molar-refractivity contribution in [3.63, 3.8) is 0 Å². The number of para-hydroxylation sites is 1. The van der Waals surface area contributed by atoms with Crippen molar-refractivity contribution in [2.75, 3.05) is 0 Å². The van der Waals surface area contributed by atoms with Gasteiger partial charge in [0.2, 0.25) is 0 Å². The fourth-order valence-electron chi connectivity index (χ4n) is 4.57. The van der Waals surface area contributed by atoms with Crippen LogP contribution in [-0.2, 0) is 0 Å². The molecule has 0 N–H and O–H groups in total. The molecule has 0 aliphatic heterocycles. The third-order valence-corrected chi connectivity index (χ3v) is 7.18. The Hall–Kier alpha value is -2.29. The molecule has 206 valence electrons. The molecule has 0 aliphatic carbocycles. The maximum absolute atomic E-state index is 5.45. The first kappa shape index (κ1) is 31.9. The van der Waals surface area contributed by atoms with E-state index in [-0.39, 0.29) is 10.8 Å². The molecule has 0 saturated heterocycles. The van der Waals surface area contributed by atoms with Gasteiger partial charge in [-0.1, -0.05) is 0 Å². The molecule has 0 bridgehead atoms. The summed E-state index contributed by atoms with van der Waals surface area (Å²) in [6.45, 7) is 31.6. The van der Waals surface area contributed by atoms with Crippen molar-refractivity contribution < 1.29 is 0 Å². The van der Waals surface area contributed by atoms with Crippen molar-refractivity contribution in [2.45, 2.75) is 121 Å². The number of nitrogens with zero attached hydrogens (tertiary/aromatic N) is 2. The Kier molecular flexibility index (Phi) is 10.7.